The molecule has 1 fully saturated rings. The first-order valence-corrected chi connectivity index (χ1v) is 10.2. The molecule has 1 aliphatic rings. The van der Waals surface area contributed by atoms with E-state index in [1.165, 1.54) is 4.90 Å². The summed E-state index contributed by atoms with van der Waals surface area (Å²) in [6, 6.07) is 15.5. The summed E-state index contributed by atoms with van der Waals surface area (Å²) in [5, 5.41) is 4.10. The zero-order valence-corrected chi connectivity index (χ0v) is 16.9. The summed E-state index contributed by atoms with van der Waals surface area (Å²) in [6.07, 6.45) is 0.715. The van der Waals surface area contributed by atoms with Crippen LogP contribution in [0.4, 0.5) is 15.1 Å². The highest BCUT2D eigenvalue weighted by Gasteiger charge is 2.32. The summed E-state index contributed by atoms with van der Waals surface area (Å²) < 4.78 is 20.0. The highest BCUT2D eigenvalue weighted by atomic mass is 19.1. The average molecular weight is 408 g/mol. The number of nitrogens with one attached hydrogen (secondary N) is 1. The Morgan fingerprint density at radius 3 is 2.83 bits per heavy atom. The number of rotatable bonds is 5. The quantitative estimate of drug-likeness (QED) is 0.680. The van der Waals surface area contributed by atoms with Gasteiger partial charge in [-0.05, 0) is 25.0 Å². The van der Waals surface area contributed by atoms with E-state index in [-0.39, 0.29) is 19.1 Å². The van der Waals surface area contributed by atoms with Crippen LogP contribution in [0.15, 0.2) is 54.7 Å². The molecule has 0 aliphatic carbocycles. The fourth-order valence-electron chi connectivity index (χ4n) is 3.55. The molecular formula is C23H25FN4O2. The molecule has 2 heterocycles. The van der Waals surface area contributed by atoms with E-state index in [9.17, 15) is 9.18 Å². The Hall–Kier alpha value is -3.22. The third-order valence-corrected chi connectivity index (χ3v) is 5.43. The Kier molecular flexibility index (Phi) is 6.07. The summed E-state index contributed by atoms with van der Waals surface area (Å²) in [6.45, 7) is 3.13. The number of para-hydroxylation sites is 1. The van der Waals surface area contributed by atoms with Crippen molar-refractivity contribution in [3.05, 3.63) is 65.9 Å². The average Bonchev–Trinajstić information content (AvgIpc) is 2.77. The van der Waals surface area contributed by atoms with Gasteiger partial charge >= 0.3 is 6.09 Å². The fraction of sp³-hybridized carbons (Fsp3) is 0.348. The number of anilines is 1. The standard InChI is InChI=1S/C23H25FN4O2/c1-16-6-8-17(9-7-16)15-30-23(29)28-11-10-18(20(24)14-28)12-25-22-26-13-19-4-2-3-5-21(19)27-22/h2-9,13,18,20H,10-12,14-15H2,1H3,(H,25,26,27)/t18-,20-/m1/s1. The molecule has 2 atom stereocenters. The summed E-state index contributed by atoms with van der Waals surface area (Å²) in [4.78, 5) is 22.5. The summed E-state index contributed by atoms with van der Waals surface area (Å²) in [5.41, 5.74) is 2.91. The molecule has 1 saturated heterocycles. The molecule has 0 radical (unpaired) electrons. The number of likely N-dealkylation sites (tertiary alicyclic amines) is 1. The molecular weight excluding hydrogens is 383 g/mol. The topological polar surface area (TPSA) is 67.3 Å². The molecule has 156 valence electrons. The van der Waals surface area contributed by atoms with Crippen LogP contribution in [-0.4, -0.2) is 46.8 Å². The minimum absolute atomic E-state index is 0.0393. The van der Waals surface area contributed by atoms with Crippen molar-refractivity contribution in [2.45, 2.75) is 26.1 Å². The minimum atomic E-state index is -1.13. The second-order valence-electron chi connectivity index (χ2n) is 7.68. The number of nitrogens with zero attached hydrogens (tertiary/aromatic N) is 3. The Balaban J connectivity index is 1.26. The largest absolute Gasteiger partial charge is 0.445 e. The van der Waals surface area contributed by atoms with Crippen molar-refractivity contribution >= 4 is 22.9 Å². The van der Waals surface area contributed by atoms with Crippen molar-refractivity contribution in [3.8, 4) is 0 Å². The van der Waals surface area contributed by atoms with Gasteiger partial charge in [-0.25, -0.2) is 19.2 Å². The van der Waals surface area contributed by atoms with Crippen LogP contribution in [0.5, 0.6) is 0 Å². The van der Waals surface area contributed by atoms with E-state index in [4.69, 9.17) is 4.74 Å². The number of alkyl halides is 1. The van der Waals surface area contributed by atoms with E-state index < -0.39 is 12.3 Å². The monoisotopic (exact) mass is 408 g/mol. The maximum absolute atomic E-state index is 14.7. The van der Waals surface area contributed by atoms with E-state index in [2.05, 4.69) is 15.3 Å². The van der Waals surface area contributed by atoms with Crippen molar-refractivity contribution < 1.29 is 13.9 Å². The van der Waals surface area contributed by atoms with Crippen molar-refractivity contribution in [3.63, 3.8) is 0 Å². The summed E-state index contributed by atoms with van der Waals surface area (Å²) in [7, 11) is 0. The van der Waals surface area contributed by atoms with Crippen LogP contribution in [0.1, 0.15) is 17.5 Å². The van der Waals surface area contributed by atoms with Gasteiger partial charge in [0.2, 0.25) is 5.95 Å². The predicted octanol–water partition coefficient (Wildman–Crippen LogP) is 4.35. The van der Waals surface area contributed by atoms with Crippen LogP contribution in [-0.2, 0) is 11.3 Å². The molecule has 1 aliphatic heterocycles. The molecule has 0 spiro atoms. The number of ether oxygens (including phenoxy) is 1. The number of aryl methyl sites for hydroxylation is 1. The predicted molar refractivity (Wildman–Crippen MR) is 114 cm³/mol. The van der Waals surface area contributed by atoms with Crippen LogP contribution in [0.3, 0.4) is 0 Å². The van der Waals surface area contributed by atoms with Gasteiger partial charge in [-0.3, -0.25) is 0 Å². The van der Waals surface area contributed by atoms with Gasteiger partial charge in [0, 0.05) is 30.6 Å². The van der Waals surface area contributed by atoms with Crippen LogP contribution >= 0.6 is 0 Å². The first-order chi connectivity index (χ1) is 14.6. The summed E-state index contributed by atoms with van der Waals surface area (Å²) >= 11 is 0. The molecule has 0 bridgehead atoms. The third-order valence-electron chi connectivity index (χ3n) is 5.43. The van der Waals surface area contributed by atoms with Gasteiger partial charge in [-0.15, -0.1) is 0 Å². The van der Waals surface area contributed by atoms with E-state index in [0.29, 0.717) is 25.5 Å². The van der Waals surface area contributed by atoms with Gasteiger partial charge in [0.25, 0.3) is 0 Å². The molecule has 4 rings (SSSR count). The Morgan fingerprint density at radius 1 is 1.23 bits per heavy atom. The molecule has 0 unspecified atom stereocenters. The lowest BCUT2D eigenvalue weighted by Gasteiger charge is -2.34. The SMILES string of the molecule is Cc1ccc(COC(=O)N2CC[C@H](CNc3ncc4ccccc4n3)[C@H](F)C2)cc1. The first-order valence-electron chi connectivity index (χ1n) is 10.2. The van der Waals surface area contributed by atoms with Gasteiger partial charge in [-0.1, -0.05) is 48.0 Å². The van der Waals surface area contributed by atoms with Gasteiger partial charge < -0.3 is 15.0 Å². The van der Waals surface area contributed by atoms with Crippen molar-refractivity contribution in [2.24, 2.45) is 5.92 Å². The number of carbonyl (C=O) groups excluding carboxylic acids is 1. The van der Waals surface area contributed by atoms with Crippen molar-refractivity contribution in [2.75, 3.05) is 25.0 Å². The van der Waals surface area contributed by atoms with Crippen LogP contribution in [0.2, 0.25) is 0 Å². The lowest BCUT2D eigenvalue weighted by Crippen LogP contribution is -2.46. The molecule has 1 aromatic heterocycles. The Labute approximate surface area is 175 Å². The fourth-order valence-corrected chi connectivity index (χ4v) is 3.55. The number of aromatic nitrogens is 2. The second-order valence-corrected chi connectivity index (χ2v) is 7.68. The van der Waals surface area contributed by atoms with Crippen molar-refractivity contribution in [1.29, 1.82) is 0 Å². The van der Waals surface area contributed by atoms with E-state index >= 15 is 0 Å². The number of carbonyl (C=O) groups is 1. The Morgan fingerprint density at radius 2 is 2.03 bits per heavy atom. The normalized spacial score (nSPS) is 18.9. The Bertz CT molecular complexity index is 1010. The number of fused-ring (bicyclic) bond motifs is 1. The van der Waals surface area contributed by atoms with Crippen molar-refractivity contribution in [1.82, 2.24) is 14.9 Å². The zero-order valence-electron chi connectivity index (χ0n) is 16.9. The molecule has 3 aromatic rings. The first kappa shape index (κ1) is 20.1. The lowest BCUT2D eigenvalue weighted by atomic mass is 9.95. The molecule has 6 nitrogen and oxygen atoms in total. The maximum Gasteiger partial charge on any atom is 0.410 e. The van der Waals surface area contributed by atoms with Crippen LogP contribution < -0.4 is 5.32 Å². The third kappa shape index (κ3) is 4.84. The van der Waals surface area contributed by atoms with Gasteiger partial charge in [-0.2, -0.15) is 0 Å². The second kappa shape index (κ2) is 9.07. The molecule has 30 heavy (non-hydrogen) atoms. The number of amides is 1. The zero-order chi connectivity index (χ0) is 20.9. The van der Waals surface area contributed by atoms with E-state index in [1.54, 1.807) is 6.20 Å². The molecule has 2 aromatic carbocycles. The summed E-state index contributed by atoms with van der Waals surface area (Å²) in [5.74, 6) is 0.280. The highest BCUT2D eigenvalue weighted by Crippen LogP contribution is 2.22. The van der Waals surface area contributed by atoms with Crippen LogP contribution in [0.25, 0.3) is 10.9 Å². The highest BCUT2D eigenvalue weighted by molar-refractivity contribution is 5.78. The van der Waals surface area contributed by atoms with E-state index in [1.807, 2.05) is 55.5 Å². The minimum Gasteiger partial charge on any atom is -0.445 e. The van der Waals surface area contributed by atoms with E-state index in [0.717, 1.165) is 22.0 Å². The van der Waals surface area contributed by atoms with Crippen LogP contribution in [0, 0.1) is 12.8 Å². The number of piperidine rings is 1. The lowest BCUT2D eigenvalue weighted by molar-refractivity contribution is 0.0544. The maximum atomic E-state index is 14.7. The molecule has 7 heteroatoms. The molecule has 0 saturated carbocycles. The number of hydrogen-bond acceptors (Lipinski definition) is 5. The van der Waals surface area contributed by atoms with Gasteiger partial charge in [0.15, 0.2) is 0 Å². The van der Waals surface area contributed by atoms with Gasteiger partial charge in [0.05, 0.1) is 12.1 Å². The molecule has 1 amide bonds. The molecule has 1 N–H and O–H groups in total. The number of benzene rings is 2. The number of hydrogen-bond donors (Lipinski definition) is 1. The smallest absolute Gasteiger partial charge is 0.410 e. The number of halogens is 1. The van der Waals surface area contributed by atoms with Gasteiger partial charge in [0.1, 0.15) is 12.8 Å².